The summed E-state index contributed by atoms with van der Waals surface area (Å²) in [6.07, 6.45) is 4.81. The molecule has 0 heterocycles. The molecule has 0 saturated carbocycles. The molecule has 1 N–H and O–H groups in total. The van der Waals surface area contributed by atoms with Crippen LogP contribution in [0, 0.1) is 5.82 Å². The SMILES string of the molecule is Fc1cc(Br)ccc1CNc1cccc2c1CCCC2. The van der Waals surface area contributed by atoms with Gasteiger partial charge in [0.15, 0.2) is 0 Å². The second-order valence-electron chi connectivity index (χ2n) is 5.24. The van der Waals surface area contributed by atoms with E-state index in [9.17, 15) is 4.39 Å². The van der Waals surface area contributed by atoms with Gasteiger partial charge in [0.1, 0.15) is 5.82 Å². The number of hydrogen-bond donors (Lipinski definition) is 1. The number of rotatable bonds is 3. The predicted octanol–water partition coefficient (Wildman–Crippen LogP) is 5.08. The number of benzene rings is 2. The Balaban J connectivity index is 1.78. The van der Waals surface area contributed by atoms with E-state index in [4.69, 9.17) is 0 Å². The third kappa shape index (κ3) is 2.88. The van der Waals surface area contributed by atoms with Crippen molar-refractivity contribution in [2.24, 2.45) is 0 Å². The number of aryl methyl sites for hydroxylation is 1. The zero-order chi connectivity index (χ0) is 13.9. The van der Waals surface area contributed by atoms with Crippen molar-refractivity contribution in [3.63, 3.8) is 0 Å². The van der Waals surface area contributed by atoms with Crippen LogP contribution in [0.4, 0.5) is 10.1 Å². The molecule has 104 valence electrons. The summed E-state index contributed by atoms with van der Waals surface area (Å²) >= 11 is 3.28. The summed E-state index contributed by atoms with van der Waals surface area (Å²) in [6.45, 7) is 0.523. The summed E-state index contributed by atoms with van der Waals surface area (Å²) in [5.74, 6) is -0.170. The molecule has 0 radical (unpaired) electrons. The van der Waals surface area contributed by atoms with Crippen LogP contribution in [0.5, 0.6) is 0 Å². The Morgan fingerprint density at radius 1 is 1.10 bits per heavy atom. The van der Waals surface area contributed by atoms with E-state index < -0.39 is 0 Å². The fraction of sp³-hybridized carbons (Fsp3) is 0.294. The molecule has 20 heavy (non-hydrogen) atoms. The Morgan fingerprint density at radius 3 is 2.80 bits per heavy atom. The van der Waals surface area contributed by atoms with E-state index in [1.54, 1.807) is 0 Å². The van der Waals surface area contributed by atoms with Gasteiger partial charge in [0, 0.05) is 22.3 Å². The van der Waals surface area contributed by atoms with Crippen LogP contribution in [-0.4, -0.2) is 0 Å². The molecule has 3 rings (SSSR count). The van der Waals surface area contributed by atoms with Crippen LogP contribution in [-0.2, 0) is 19.4 Å². The van der Waals surface area contributed by atoms with Crippen molar-refractivity contribution in [2.75, 3.05) is 5.32 Å². The van der Waals surface area contributed by atoms with Crippen LogP contribution >= 0.6 is 15.9 Å². The van der Waals surface area contributed by atoms with Gasteiger partial charge in [-0.25, -0.2) is 4.39 Å². The largest absolute Gasteiger partial charge is 0.381 e. The summed E-state index contributed by atoms with van der Waals surface area (Å²) < 4.78 is 14.6. The molecule has 0 saturated heterocycles. The average molecular weight is 334 g/mol. The summed E-state index contributed by atoms with van der Waals surface area (Å²) in [5.41, 5.74) is 4.71. The van der Waals surface area contributed by atoms with Crippen molar-refractivity contribution in [2.45, 2.75) is 32.2 Å². The molecular formula is C17H17BrFN. The summed E-state index contributed by atoms with van der Waals surface area (Å²) in [4.78, 5) is 0. The molecule has 0 aromatic heterocycles. The van der Waals surface area contributed by atoms with E-state index >= 15 is 0 Å². The van der Waals surface area contributed by atoms with Crippen LogP contribution in [0.2, 0.25) is 0 Å². The van der Waals surface area contributed by atoms with Crippen LogP contribution in [0.3, 0.4) is 0 Å². The molecular weight excluding hydrogens is 317 g/mol. The lowest BCUT2D eigenvalue weighted by molar-refractivity contribution is 0.612. The number of halogens is 2. The standard InChI is InChI=1S/C17H17BrFN/c18-14-9-8-13(16(19)10-14)11-20-17-7-3-5-12-4-1-2-6-15(12)17/h3,5,7-10,20H,1-2,4,6,11H2. The lowest BCUT2D eigenvalue weighted by Crippen LogP contribution is -2.09. The van der Waals surface area contributed by atoms with Gasteiger partial charge < -0.3 is 5.32 Å². The normalized spacial score (nSPS) is 13.9. The van der Waals surface area contributed by atoms with Crippen LogP contribution in [0.1, 0.15) is 29.5 Å². The van der Waals surface area contributed by atoms with Crippen molar-refractivity contribution in [3.05, 3.63) is 63.4 Å². The Labute approximate surface area is 127 Å². The van der Waals surface area contributed by atoms with Gasteiger partial charge in [-0.05, 0) is 55.0 Å². The van der Waals surface area contributed by atoms with Gasteiger partial charge in [-0.1, -0.05) is 34.1 Å². The van der Waals surface area contributed by atoms with Crippen molar-refractivity contribution in [3.8, 4) is 0 Å². The zero-order valence-electron chi connectivity index (χ0n) is 11.3. The molecule has 0 fully saturated rings. The highest BCUT2D eigenvalue weighted by molar-refractivity contribution is 9.10. The maximum atomic E-state index is 13.8. The van der Waals surface area contributed by atoms with E-state index in [0.29, 0.717) is 12.1 Å². The third-order valence-corrected chi connectivity index (χ3v) is 4.37. The highest BCUT2D eigenvalue weighted by atomic mass is 79.9. The first kappa shape index (κ1) is 13.6. The maximum absolute atomic E-state index is 13.8. The van der Waals surface area contributed by atoms with Crippen LogP contribution in [0.15, 0.2) is 40.9 Å². The molecule has 0 bridgehead atoms. The van der Waals surface area contributed by atoms with Gasteiger partial charge in [0.25, 0.3) is 0 Å². The Bertz CT molecular complexity index is 624. The predicted molar refractivity (Wildman–Crippen MR) is 84.5 cm³/mol. The molecule has 0 atom stereocenters. The smallest absolute Gasteiger partial charge is 0.129 e. The Morgan fingerprint density at radius 2 is 1.95 bits per heavy atom. The van der Waals surface area contributed by atoms with Gasteiger partial charge in [-0.3, -0.25) is 0 Å². The number of anilines is 1. The first-order chi connectivity index (χ1) is 9.74. The first-order valence-electron chi connectivity index (χ1n) is 7.02. The molecule has 1 aliphatic carbocycles. The van der Waals surface area contributed by atoms with Gasteiger partial charge in [0.2, 0.25) is 0 Å². The first-order valence-corrected chi connectivity index (χ1v) is 7.82. The van der Waals surface area contributed by atoms with Crippen molar-refractivity contribution in [1.82, 2.24) is 0 Å². The topological polar surface area (TPSA) is 12.0 Å². The van der Waals surface area contributed by atoms with Gasteiger partial charge in [-0.2, -0.15) is 0 Å². The maximum Gasteiger partial charge on any atom is 0.129 e. The minimum absolute atomic E-state index is 0.170. The molecule has 2 aromatic carbocycles. The lowest BCUT2D eigenvalue weighted by Gasteiger charge is -2.20. The molecule has 0 aliphatic heterocycles. The third-order valence-electron chi connectivity index (χ3n) is 3.88. The van der Waals surface area contributed by atoms with E-state index in [1.807, 2.05) is 12.1 Å². The summed E-state index contributed by atoms with van der Waals surface area (Å²) in [6, 6.07) is 11.6. The summed E-state index contributed by atoms with van der Waals surface area (Å²) in [7, 11) is 0. The Hall–Kier alpha value is -1.35. The highest BCUT2D eigenvalue weighted by Crippen LogP contribution is 2.28. The van der Waals surface area contributed by atoms with E-state index in [2.05, 4.69) is 39.4 Å². The van der Waals surface area contributed by atoms with Crippen molar-refractivity contribution >= 4 is 21.6 Å². The highest BCUT2D eigenvalue weighted by Gasteiger charge is 2.13. The van der Waals surface area contributed by atoms with Crippen molar-refractivity contribution in [1.29, 1.82) is 0 Å². The van der Waals surface area contributed by atoms with Crippen molar-refractivity contribution < 1.29 is 4.39 Å². The second-order valence-corrected chi connectivity index (χ2v) is 6.16. The quantitative estimate of drug-likeness (QED) is 0.825. The monoisotopic (exact) mass is 333 g/mol. The lowest BCUT2D eigenvalue weighted by atomic mass is 9.90. The van der Waals surface area contributed by atoms with Gasteiger partial charge >= 0.3 is 0 Å². The minimum Gasteiger partial charge on any atom is -0.381 e. The molecule has 0 spiro atoms. The average Bonchev–Trinajstić information content (AvgIpc) is 2.46. The van der Waals surface area contributed by atoms with Crippen LogP contribution in [0.25, 0.3) is 0 Å². The fourth-order valence-electron chi connectivity index (χ4n) is 2.80. The van der Waals surface area contributed by atoms with Gasteiger partial charge in [-0.15, -0.1) is 0 Å². The van der Waals surface area contributed by atoms with E-state index in [1.165, 1.54) is 30.0 Å². The van der Waals surface area contributed by atoms with Gasteiger partial charge in [0.05, 0.1) is 0 Å². The molecule has 1 nitrogen and oxygen atoms in total. The molecule has 0 unspecified atom stereocenters. The second kappa shape index (κ2) is 5.96. The molecule has 1 aliphatic rings. The molecule has 3 heteroatoms. The van der Waals surface area contributed by atoms with E-state index in [0.717, 1.165) is 23.0 Å². The fourth-order valence-corrected chi connectivity index (χ4v) is 3.14. The Kier molecular flexibility index (Phi) is 4.06. The number of hydrogen-bond acceptors (Lipinski definition) is 1. The zero-order valence-corrected chi connectivity index (χ0v) is 12.8. The number of fused-ring (bicyclic) bond motifs is 1. The molecule has 0 amide bonds. The molecule has 2 aromatic rings. The van der Waals surface area contributed by atoms with Crippen LogP contribution < -0.4 is 5.32 Å². The minimum atomic E-state index is -0.170. The summed E-state index contributed by atoms with van der Waals surface area (Å²) in [5, 5.41) is 3.39. The number of nitrogens with one attached hydrogen (secondary N) is 1. The van der Waals surface area contributed by atoms with E-state index in [-0.39, 0.29) is 5.82 Å².